The Bertz CT molecular complexity index is 741. The SMILES string of the molecule is CN(C)c1ccc([C@H](CNC(=O)c2ccc(F)cc2)N2CCOCC2)cc1. The van der Waals surface area contributed by atoms with Gasteiger partial charge in [0.1, 0.15) is 5.82 Å². The number of benzene rings is 2. The zero-order valence-corrected chi connectivity index (χ0v) is 15.8. The molecular weight excluding hydrogens is 345 g/mol. The number of carbonyl (C=O) groups excluding carboxylic acids is 1. The Morgan fingerprint density at radius 3 is 2.33 bits per heavy atom. The number of nitrogens with one attached hydrogen (secondary N) is 1. The van der Waals surface area contributed by atoms with Crippen LogP contribution in [0.25, 0.3) is 0 Å². The Hall–Kier alpha value is -2.44. The van der Waals surface area contributed by atoms with E-state index in [0.717, 1.165) is 24.3 Å². The third-order valence-electron chi connectivity index (χ3n) is 4.84. The maximum atomic E-state index is 13.1. The van der Waals surface area contributed by atoms with Gasteiger partial charge in [0.25, 0.3) is 5.91 Å². The molecule has 27 heavy (non-hydrogen) atoms. The number of halogens is 1. The summed E-state index contributed by atoms with van der Waals surface area (Å²) in [5.74, 6) is -0.545. The van der Waals surface area contributed by atoms with Gasteiger partial charge in [0.15, 0.2) is 0 Å². The van der Waals surface area contributed by atoms with Crippen molar-refractivity contribution in [3.63, 3.8) is 0 Å². The summed E-state index contributed by atoms with van der Waals surface area (Å²) in [6, 6.07) is 14.1. The Morgan fingerprint density at radius 2 is 1.74 bits per heavy atom. The second-order valence-corrected chi connectivity index (χ2v) is 6.87. The minimum Gasteiger partial charge on any atom is -0.379 e. The summed E-state index contributed by atoms with van der Waals surface area (Å²) in [7, 11) is 4.02. The van der Waals surface area contributed by atoms with Crippen molar-refractivity contribution in [2.45, 2.75) is 6.04 Å². The van der Waals surface area contributed by atoms with Crippen LogP contribution in [0.2, 0.25) is 0 Å². The minimum atomic E-state index is -0.348. The van der Waals surface area contributed by atoms with Crippen molar-refractivity contribution in [1.82, 2.24) is 10.2 Å². The van der Waals surface area contributed by atoms with Crippen molar-refractivity contribution in [2.24, 2.45) is 0 Å². The molecule has 6 heteroatoms. The normalized spacial score (nSPS) is 16.0. The van der Waals surface area contributed by atoms with Crippen molar-refractivity contribution in [3.05, 3.63) is 65.5 Å². The predicted molar refractivity (Wildman–Crippen MR) is 105 cm³/mol. The van der Waals surface area contributed by atoms with Crippen LogP contribution in [-0.4, -0.2) is 57.8 Å². The molecule has 1 heterocycles. The molecule has 0 spiro atoms. The molecule has 0 unspecified atom stereocenters. The molecule has 1 fully saturated rings. The molecule has 0 aliphatic carbocycles. The van der Waals surface area contributed by atoms with Crippen molar-refractivity contribution in [1.29, 1.82) is 0 Å². The second-order valence-electron chi connectivity index (χ2n) is 6.87. The number of nitrogens with zero attached hydrogens (tertiary/aromatic N) is 2. The maximum Gasteiger partial charge on any atom is 0.251 e. The van der Waals surface area contributed by atoms with E-state index in [1.54, 1.807) is 0 Å². The van der Waals surface area contributed by atoms with Crippen molar-refractivity contribution < 1.29 is 13.9 Å². The molecule has 0 aromatic heterocycles. The maximum absolute atomic E-state index is 13.1. The van der Waals surface area contributed by atoms with Gasteiger partial charge in [-0.3, -0.25) is 9.69 Å². The molecule has 5 nitrogen and oxygen atoms in total. The van der Waals surface area contributed by atoms with Gasteiger partial charge in [-0.1, -0.05) is 12.1 Å². The highest BCUT2D eigenvalue weighted by Gasteiger charge is 2.23. The first-order valence-corrected chi connectivity index (χ1v) is 9.17. The highest BCUT2D eigenvalue weighted by atomic mass is 19.1. The Kier molecular flexibility index (Phi) is 6.42. The van der Waals surface area contributed by atoms with E-state index in [2.05, 4.69) is 39.4 Å². The van der Waals surface area contributed by atoms with E-state index >= 15 is 0 Å². The Balaban J connectivity index is 1.73. The molecule has 1 saturated heterocycles. The lowest BCUT2D eigenvalue weighted by Gasteiger charge is -2.35. The molecule has 1 N–H and O–H groups in total. The van der Waals surface area contributed by atoms with Crippen molar-refractivity contribution in [2.75, 3.05) is 51.8 Å². The number of rotatable bonds is 6. The molecule has 144 valence electrons. The monoisotopic (exact) mass is 371 g/mol. The molecular formula is C21H26FN3O2. The average Bonchev–Trinajstić information content (AvgIpc) is 2.69. The fraction of sp³-hybridized carbons (Fsp3) is 0.381. The van der Waals surface area contributed by atoms with Crippen LogP contribution in [-0.2, 0) is 4.74 Å². The molecule has 0 radical (unpaired) electrons. The molecule has 0 saturated carbocycles. The van der Waals surface area contributed by atoms with E-state index in [-0.39, 0.29) is 17.8 Å². The Morgan fingerprint density at radius 1 is 1.11 bits per heavy atom. The van der Waals surface area contributed by atoms with Gasteiger partial charge in [0.2, 0.25) is 0 Å². The molecule has 1 aliphatic rings. The topological polar surface area (TPSA) is 44.8 Å². The number of ether oxygens (including phenoxy) is 1. The zero-order chi connectivity index (χ0) is 19.2. The fourth-order valence-electron chi connectivity index (χ4n) is 3.23. The van der Waals surface area contributed by atoms with Crippen LogP contribution in [0.1, 0.15) is 22.0 Å². The van der Waals surface area contributed by atoms with Crippen molar-refractivity contribution >= 4 is 11.6 Å². The fourth-order valence-corrected chi connectivity index (χ4v) is 3.23. The van der Waals surface area contributed by atoms with Crippen LogP contribution in [0.15, 0.2) is 48.5 Å². The van der Waals surface area contributed by atoms with Gasteiger partial charge in [0.05, 0.1) is 19.3 Å². The Labute approximate surface area is 159 Å². The highest BCUT2D eigenvalue weighted by molar-refractivity contribution is 5.94. The molecule has 1 aliphatic heterocycles. The lowest BCUT2D eigenvalue weighted by atomic mass is 10.0. The number of hydrogen-bond acceptors (Lipinski definition) is 4. The molecule has 1 amide bonds. The van der Waals surface area contributed by atoms with Gasteiger partial charge in [-0.2, -0.15) is 0 Å². The molecule has 1 atom stereocenters. The van der Waals surface area contributed by atoms with Gasteiger partial charge in [-0.05, 0) is 42.0 Å². The van der Waals surface area contributed by atoms with Crippen LogP contribution >= 0.6 is 0 Å². The summed E-state index contributed by atoms with van der Waals surface area (Å²) in [5, 5.41) is 3.00. The first-order valence-electron chi connectivity index (χ1n) is 9.17. The number of anilines is 1. The summed E-state index contributed by atoms with van der Waals surface area (Å²) in [6.45, 7) is 3.52. The van der Waals surface area contributed by atoms with Crippen molar-refractivity contribution in [3.8, 4) is 0 Å². The van der Waals surface area contributed by atoms with Gasteiger partial charge in [-0.15, -0.1) is 0 Å². The summed E-state index contributed by atoms with van der Waals surface area (Å²) in [5.41, 5.74) is 2.75. The van der Waals surface area contributed by atoms with Crippen LogP contribution in [0.4, 0.5) is 10.1 Å². The van der Waals surface area contributed by atoms with E-state index in [0.29, 0.717) is 25.3 Å². The summed E-state index contributed by atoms with van der Waals surface area (Å²) >= 11 is 0. The van der Waals surface area contributed by atoms with E-state index < -0.39 is 0 Å². The van der Waals surface area contributed by atoms with E-state index in [1.807, 2.05) is 14.1 Å². The highest BCUT2D eigenvalue weighted by Crippen LogP contribution is 2.24. The van der Waals surface area contributed by atoms with E-state index in [1.165, 1.54) is 24.3 Å². The predicted octanol–water partition coefficient (Wildman–Crippen LogP) is 2.70. The summed E-state index contributed by atoms with van der Waals surface area (Å²) in [4.78, 5) is 16.8. The summed E-state index contributed by atoms with van der Waals surface area (Å²) in [6.07, 6.45) is 0. The number of amides is 1. The molecule has 2 aromatic carbocycles. The standard InChI is InChI=1S/C21H26FN3O2/c1-24(2)19-9-5-16(6-10-19)20(25-11-13-27-14-12-25)15-23-21(26)17-3-7-18(22)8-4-17/h3-10,20H,11-15H2,1-2H3,(H,23,26)/t20-/m0/s1. The third kappa shape index (κ3) is 5.05. The van der Waals surface area contributed by atoms with Gasteiger partial charge < -0.3 is 15.0 Å². The average molecular weight is 371 g/mol. The van der Waals surface area contributed by atoms with Crippen LogP contribution in [0, 0.1) is 5.82 Å². The zero-order valence-electron chi connectivity index (χ0n) is 15.8. The largest absolute Gasteiger partial charge is 0.379 e. The smallest absolute Gasteiger partial charge is 0.251 e. The first kappa shape index (κ1) is 19.3. The van der Waals surface area contributed by atoms with Crippen LogP contribution < -0.4 is 10.2 Å². The lowest BCUT2D eigenvalue weighted by Crippen LogP contribution is -2.43. The van der Waals surface area contributed by atoms with E-state index in [9.17, 15) is 9.18 Å². The first-order chi connectivity index (χ1) is 13.0. The number of hydrogen-bond donors (Lipinski definition) is 1. The lowest BCUT2D eigenvalue weighted by molar-refractivity contribution is 0.0162. The van der Waals surface area contributed by atoms with Crippen LogP contribution in [0.5, 0.6) is 0 Å². The number of carbonyl (C=O) groups is 1. The van der Waals surface area contributed by atoms with Gasteiger partial charge in [-0.25, -0.2) is 4.39 Å². The second kappa shape index (κ2) is 8.97. The van der Waals surface area contributed by atoms with Gasteiger partial charge >= 0.3 is 0 Å². The van der Waals surface area contributed by atoms with Crippen LogP contribution in [0.3, 0.4) is 0 Å². The molecule has 3 rings (SSSR count). The number of morpholine rings is 1. The third-order valence-corrected chi connectivity index (χ3v) is 4.84. The minimum absolute atomic E-state index is 0.0644. The van der Waals surface area contributed by atoms with Gasteiger partial charge in [0, 0.05) is 45.0 Å². The molecule has 2 aromatic rings. The summed E-state index contributed by atoms with van der Waals surface area (Å²) < 4.78 is 18.5. The van der Waals surface area contributed by atoms with E-state index in [4.69, 9.17) is 4.74 Å². The molecule has 0 bridgehead atoms. The quantitative estimate of drug-likeness (QED) is 0.848.